The number of hydrogen-bond donors (Lipinski definition) is 2. The highest BCUT2D eigenvalue weighted by Gasteiger charge is 2.15. The Labute approximate surface area is 158 Å². The molecule has 2 heterocycles. The summed E-state index contributed by atoms with van der Waals surface area (Å²) in [6.07, 6.45) is 6.27. The van der Waals surface area contributed by atoms with Crippen LogP contribution in [-0.4, -0.2) is 34.1 Å². The number of thiocarbonyl (C=S) groups is 1. The van der Waals surface area contributed by atoms with Gasteiger partial charge in [-0.15, -0.1) is 0 Å². The molecular formula is C20H22N4OS. The van der Waals surface area contributed by atoms with Gasteiger partial charge in [0.15, 0.2) is 5.11 Å². The van der Waals surface area contributed by atoms with Crippen LogP contribution >= 0.6 is 12.2 Å². The lowest BCUT2D eigenvalue weighted by molar-refractivity contribution is 0.114. The molecule has 1 unspecified atom stereocenters. The summed E-state index contributed by atoms with van der Waals surface area (Å²) in [4.78, 5) is 0. The van der Waals surface area contributed by atoms with Gasteiger partial charge in [0.05, 0.1) is 24.5 Å². The Morgan fingerprint density at radius 1 is 1.23 bits per heavy atom. The highest BCUT2D eigenvalue weighted by Crippen LogP contribution is 2.19. The van der Waals surface area contributed by atoms with Crippen molar-refractivity contribution in [1.29, 1.82) is 0 Å². The largest absolute Gasteiger partial charge is 0.376 e. The molecule has 5 nitrogen and oxygen atoms in total. The Morgan fingerprint density at radius 3 is 3.00 bits per heavy atom. The molecule has 1 aliphatic rings. The molecule has 26 heavy (non-hydrogen) atoms. The number of hydrogen-bond acceptors (Lipinski definition) is 3. The summed E-state index contributed by atoms with van der Waals surface area (Å²) in [6.45, 7) is 2.32. The van der Waals surface area contributed by atoms with Crippen LogP contribution < -0.4 is 10.6 Å². The van der Waals surface area contributed by atoms with E-state index in [9.17, 15) is 0 Å². The normalized spacial score (nSPS) is 16.7. The van der Waals surface area contributed by atoms with Crippen LogP contribution in [0.15, 0.2) is 54.9 Å². The predicted octanol–water partition coefficient (Wildman–Crippen LogP) is 3.55. The van der Waals surface area contributed by atoms with Crippen molar-refractivity contribution in [1.82, 2.24) is 15.1 Å². The number of nitrogens with one attached hydrogen (secondary N) is 2. The van der Waals surface area contributed by atoms with Crippen molar-refractivity contribution in [3.05, 3.63) is 60.4 Å². The van der Waals surface area contributed by atoms with Crippen molar-refractivity contribution in [2.24, 2.45) is 0 Å². The first-order chi connectivity index (χ1) is 12.8. The van der Waals surface area contributed by atoms with Crippen molar-refractivity contribution in [2.75, 3.05) is 18.5 Å². The molecule has 4 rings (SSSR count). The van der Waals surface area contributed by atoms with Crippen molar-refractivity contribution in [3.63, 3.8) is 0 Å². The minimum absolute atomic E-state index is 0.267. The van der Waals surface area contributed by atoms with E-state index in [0.717, 1.165) is 38.2 Å². The van der Waals surface area contributed by atoms with E-state index in [0.29, 0.717) is 5.11 Å². The highest BCUT2D eigenvalue weighted by molar-refractivity contribution is 7.80. The fraction of sp³-hybridized carbons (Fsp3) is 0.300. The van der Waals surface area contributed by atoms with Gasteiger partial charge in [-0.05, 0) is 41.4 Å². The maximum absolute atomic E-state index is 5.59. The third-order valence-electron chi connectivity index (χ3n) is 4.62. The molecule has 0 bridgehead atoms. The molecule has 0 aliphatic carbocycles. The fourth-order valence-corrected chi connectivity index (χ4v) is 3.51. The number of nitrogens with zero attached hydrogens (tertiary/aromatic N) is 2. The molecule has 1 saturated heterocycles. The van der Waals surface area contributed by atoms with Gasteiger partial charge in [-0.2, -0.15) is 5.10 Å². The van der Waals surface area contributed by atoms with E-state index in [1.54, 1.807) is 6.20 Å². The standard InChI is InChI=1S/C20H22N4OS/c26-20(21-12-18-8-4-10-25-18)23-17-11-22-24(14-17)13-16-7-3-6-15-5-1-2-9-19(15)16/h1-3,5-7,9,11,14,18H,4,8,10,12-13H2,(H2,21,23,26). The lowest BCUT2D eigenvalue weighted by atomic mass is 10.0. The van der Waals surface area contributed by atoms with Gasteiger partial charge in [-0.25, -0.2) is 0 Å². The van der Waals surface area contributed by atoms with Gasteiger partial charge >= 0.3 is 0 Å². The summed E-state index contributed by atoms with van der Waals surface area (Å²) in [5.41, 5.74) is 2.13. The van der Waals surface area contributed by atoms with Crippen molar-refractivity contribution < 1.29 is 4.74 Å². The summed E-state index contributed by atoms with van der Waals surface area (Å²) >= 11 is 5.36. The lowest BCUT2D eigenvalue weighted by Gasteiger charge is -2.13. The molecular weight excluding hydrogens is 344 g/mol. The van der Waals surface area contributed by atoms with E-state index < -0.39 is 0 Å². The average Bonchev–Trinajstić information content (AvgIpc) is 3.32. The Hall–Kier alpha value is -2.44. The van der Waals surface area contributed by atoms with Crippen LogP contribution in [0.5, 0.6) is 0 Å². The van der Waals surface area contributed by atoms with Crippen LogP contribution in [0.3, 0.4) is 0 Å². The lowest BCUT2D eigenvalue weighted by Crippen LogP contribution is -2.34. The zero-order valence-electron chi connectivity index (χ0n) is 14.5. The topological polar surface area (TPSA) is 51.1 Å². The van der Waals surface area contributed by atoms with Gasteiger partial charge in [0.25, 0.3) is 0 Å². The molecule has 1 aliphatic heterocycles. The van der Waals surface area contributed by atoms with Gasteiger partial charge in [0, 0.05) is 19.3 Å². The summed E-state index contributed by atoms with van der Waals surface area (Å²) in [5.74, 6) is 0. The molecule has 2 N–H and O–H groups in total. The van der Waals surface area contributed by atoms with Crippen LogP contribution in [0, 0.1) is 0 Å². The van der Waals surface area contributed by atoms with Crippen LogP contribution in [0.2, 0.25) is 0 Å². The van der Waals surface area contributed by atoms with E-state index in [1.165, 1.54) is 16.3 Å². The third kappa shape index (κ3) is 4.03. The molecule has 0 amide bonds. The van der Waals surface area contributed by atoms with Crippen molar-refractivity contribution in [2.45, 2.75) is 25.5 Å². The molecule has 134 valence electrons. The van der Waals surface area contributed by atoms with Crippen LogP contribution in [0.1, 0.15) is 18.4 Å². The van der Waals surface area contributed by atoms with Gasteiger partial charge in [-0.3, -0.25) is 4.68 Å². The van der Waals surface area contributed by atoms with Crippen molar-refractivity contribution in [3.8, 4) is 0 Å². The van der Waals surface area contributed by atoms with Gasteiger partial charge in [-0.1, -0.05) is 42.5 Å². The van der Waals surface area contributed by atoms with Crippen LogP contribution in [0.4, 0.5) is 5.69 Å². The minimum Gasteiger partial charge on any atom is -0.376 e. The number of aromatic nitrogens is 2. The summed E-state index contributed by atoms with van der Waals surface area (Å²) in [5, 5.41) is 14.0. The predicted molar refractivity (Wildman–Crippen MR) is 108 cm³/mol. The maximum Gasteiger partial charge on any atom is 0.170 e. The molecule has 0 radical (unpaired) electrons. The molecule has 0 spiro atoms. The first-order valence-electron chi connectivity index (χ1n) is 8.93. The van der Waals surface area contributed by atoms with E-state index >= 15 is 0 Å². The van der Waals surface area contributed by atoms with Gasteiger partial charge < -0.3 is 15.4 Å². The molecule has 1 atom stereocenters. The van der Waals surface area contributed by atoms with Crippen LogP contribution in [-0.2, 0) is 11.3 Å². The summed E-state index contributed by atoms with van der Waals surface area (Å²) in [7, 11) is 0. The Bertz CT molecular complexity index is 896. The molecule has 1 fully saturated rings. The Morgan fingerprint density at radius 2 is 2.12 bits per heavy atom. The maximum atomic E-state index is 5.59. The number of rotatable bonds is 5. The fourth-order valence-electron chi connectivity index (χ4n) is 3.31. The second kappa shape index (κ2) is 7.85. The number of anilines is 1. The molecule has 1 aromatic heterocycles. The smallest absolute Gasteiger partial charge is 0.170 e. The molecule has 2 aromatic carbocycles. The van der Waals surface area contributed by atoms with E-state index in [2.05, 4.69) is 58.2 Å². The van der Waals surface area contributed by atoms with Crippen LogP contribution in [0.25, 0.3) is 10.8 Å². The van der Waals surface area contributed by atoms with E-state index in [1.807, 2.05) is 10.9 Å². The number of benzene rings is 2. The minimum atomic E-state index is 0.267. The quantitative estimate of drug-likeness (QED) is 0.677. The molecule has 6 heteroatoms. The first-order valence-corrected chi connectivity index (χ1v) is 9.34. The SMILES string of the molecule is S=C(NCC1CCCO1)Nc1cnn(Cc2cccc3ccccc23)c1. The number of ether oxygens (including phenoxy) is 1. The number of fused-ring (bicyclic) bond motifs is 1. The van der Waals surface area contributed by atoms with Gasteiger partial charge in [0.1, 0.15) is 0 Å². The monoisotopic (exact) mass is 366 g/mol. The molecule has 3 aromatic rings. The van der Waals surface area contributed by atoms with E-state index in [-0.39, 0.29) is 6.10 Å². The van der Waals surface area contributed by atoms with Crippen molar-refractivity contribution >= 4 is 33.8 Å². The second-order valence-corrected chi connectivity index (χ2v) is 6.94. The first kappa shape index (κ1) is 17.0. The van der Waals surface area contributed by atoms with E-state index in [4.69, 9.17) is 17.0 Å². The Balaban J connectivity index is 1.37. The summed E-state index contributed by atoms with van der Waals surface area (Å²) < 4.78 is 7.52. The highest BCUT2D eigenvalue weighted by atomic mass is 32.1. The third-order valence-corrected chi connectivity index (χ3v) is 4.86. The average molecular weight is 366 g/mol. The molecule has 0 saturated carbocycles. The second-order valence-electron chi connectivity index (χ2n) is 6.53. The Kier molecular flexibility index (Phi) is 5.13. The van der Waals surface area contributed by atoms with Gasteiger partial charge in [0.2, 0.25) is 0 Å². The zero-order valence-corrected chi connectivity index (χ0v) is 15.3. The summed E-state index contributed by atoms with van der Waals surface area (Å²) in [6, 6.07) is 14.8. The zero-order chi connectivity index (χ0) is 17.8.